The van der Waals surface area contributed by atoms with E-state index in [0.717, 1.165) is 7.05 Å². The van der Waals surface area contributed by atoms with Gasteiger partial charge >= 0.3 is 5.69 Å². The summed E-state index contributed by atoms with van der Waals surface area (Å²) in [6, 6.07) is 4.20. The van der Waals surface area contributed by atoms with Crippen molar-refractivity contribution < 1.29 is 28.6 Å². The Hall–Kier alpha value is -2.16. The second-order valence-corrected chi connectivity index (χ2v) is 7.25. The van der Waals surface area contributed by atoms with Crippen LogP contribution in [-0.4, -0.2) is 44.6 Å². The van der Waals surface area contributed by atoms with Crippen LogP contribution in [0.1, 0.15) is 21.6 Å². The van der Waals surface area contributed by atoms with Crippen LogP contribution >= 0.6 is 22.6 Å². The summed E-state index contributed by atoms with van der Waals surface area (Å²) in [5, 5.41) is 18.0. The zero-order valence-electron chi connectivity index (χ0n) is 15.2. The number of hydroxylamine groups is 1. The summed E-state index contributed by atoms with van der Waals surface area (Å²) in [6.45, 7) is -2.45. The second kappa shape index (κ2) is 10.0. The van der Waals surface area contributed by atoms with E-state index >= 15 is 0 Å². The average molecular weight is 525 g/mol. The molecule has 0 aliphatic carbocycles. The third-order valence-corrected chi connectivity index (χ3v) is 4.69. The maximum atomic E-state index is 14.3. The van der Waals surface area contributed by atoms with Crippen molar-refractivity contribution in [3.8, 4) is 0 Å². The highest BCUT2D eigenvalue weighted by Crippen LogP contribution is 2.17. The number of aliphatic hydroxyl groups excluding tert-OH is 2. The number of halogens is 3. The van der Waals surface area contributed by atoms with Crippen molar-refractivity contribution in [1.29, 1.82) is 0 Å². The molecule has 9 nitrogen and oxygen atoms in total. The Morgan fingerprint density at radius 1 is 1.38 bits per heavy atom. The van der Waals surface area contributed by atoms with Gasteiger partial charge in [-0.15, -0.1) is 0 Å². The van der Waals surface area contributed by atoms with E-state index in [9.17, 15) is 28.3 Å². The van der Waals surface area contributed by atoms with Crippen LogP contribution in [0.5, 0.6) is 0 Å². The van der Waals surface area contributed by atoms with Crippen molar-refractivity contribution in [2.75, 3.05) is 13.2 Å². The van der Waals surface area contributed by atoms with Gasteiger partial charge in [-0.25, -0.2) is 19.1 Å². The number of rotatable bonds is 8. The molecule has 0 fully saturated rings. The third-order valence-electron chi connectivity index (χ3n) is 4.02. The molecular weight excluding hydrogens is 507 g/mol. The van der Waals surface area contributed by atoms with E-state index in [1.807, 2.05) is 28.1 Å². The largest absolute Gasteiger partial charge is 0.394 e. The van der Waals surface area contributed by atoms with E-state index in [-0.39, 0.29) is 11.3 Å². The summed E-state index contributed by atoms with van der Waals surface area (Å²) in [5.74, 6) is -1.76. The summed E-state index contributed by atoms with van der Waals surface area (Å²) in [7, 11) is 1.07. The Balaban J connectivity index is 2.53. The van der Waals surface area contributed by atoms with Crippen LogP contribution < -0.4 is 16.7 Å². The van der Waals surface area contributed by atoms with Gasteiger partial charge in [0.1, 0.15) is 24.1 Å². The molecule has 0 radical (unpaired) electrons. The van der Waals surface area contributed by atoms with Gasteiger partial charge in [0, 0.05) is 22.7 Å². The SMILES string of the molecule is Cn1c(=O)c(C(=O)NOC[C@H](O)CO)c(Cc2ccc(I)cc2F)n(CF)c1=O. The number of benzene rings is 1. The normalized spacial score (nSPS) is 12.1. The molecule has 3 N–H and O–H groups in total. The minimum absolute atomic E-state index is 0.0472. The molecule has 0 aliphatic rings. The van der Waals surface area contributed by atoms with Crippen molar-refractivity contribution in [3.63, 3.8) is 0 Å². The van der Waals surface area contributed by atoms with E-state index in [2.05, 4.69) is 0 Å². The van der Waals surface area contributed by atoms with Gasteiger partial charge in [0.2, 0.25) is 0 Å². The van der Waals surface area contributed by atoms with Crippen molar-refractivity contribution in [2.45, 2.75) is 19.3 Å². The topological polar surface area (TPSA) is 123 Å². The molecule has 0 saturated heterocycles. The Kier molecular flexibility index (Phi) is 8.01. The number of amides is 1. The molecule has 12 heteroatoms. The van der Waals surface area contributed by atoms with Crippen molar-refractivity contribution in [1.82, 2.24) is 14.6 Å². The highest BCUT2D eigenvalue weighted by Gasteiger charge is 2.24. The lowest BCUT2D eigenvalue weighted by atomic mass is 10.0. The first-order valence-electron chi connectivity index (χ1n) is 8.24. The van der Waals surface area contributed by atoms with Crippen LogP contribution in [0.15, 0.2) is 27.8 Å². The number of aliphatic hydroxyl groups is 2. The number of aromatic nitrogens is 2. The number of hydrogen-bond donors (Lipinski definition) is 3. The predicted octanol–water partition coefficient (Wildman–Crippen LogP) is -0.177. The molecular formula is C17H18F2IN3O6. The van der Waals surface area contributed by atoms with Crippen molar-refractivity contribution in [2.24, 2.45) is 7.05 Å². The Bertz CT molecular complexity index is 1020. The fraction of sp³-hybridized carbons (Fsp3) is 0.353. The maximum Gasteiger partial charge on any atom is 0.333 e. The quantitative estimate of drug-likeness (QED) is 0.325. The number of carbonyl (C=O) groups is 1. The molecule has 0 saturated carbocycles. The molecule has 2 aromatic rings. The summed E-state index contributed by atoms with van der Waals surface area (Å²) < 4.78 is 29.6. The first-order chi connectivity index (χ1) is 13.7. The second-order valence-electron chi connectivity index (χ2n) is 6.01. The zero-order valence-corrected chi connectivity index (χ0v) is 17.4. The van der Waals surface area contributed by atoms with Gasteiger partial charge < -0.3 is 10.2 Å². The van der Waals surface area contributed by atoms with Crippen LogP contribution in [-0.2, 0) is 25.1 Å². The number of hydrogen-bond acceptors (Lipinski definition) is 6. The lowest BCUT2D eigenvalue weighted by Crippen LogP contribution is -2.45. The summed E-state index contributed by atoms with van der Waals surface area (Å²) in [4.78, 5) is 42.0. The molecule has 0 unspecified atom stereocenters. The smallest absolute Gasteiger partial charge is 0.333 e. The third kappa shape index (κ3) is 5.26. The van der Waals surface area contributed by atoms with Gasteiger partial charge in [-0.1, -0.05) is 6.07 Å². The molecule has 1 aromatic carbocycles. The minimum Gasteiger partial charge on any atom is -0.394 e. The molecule has 1 aromatic heterocycles. The number of alkyl halides is 1. The highest BCUT2D eigenvalue weighted by molar-refractivity contribution is 14.1. The van der Waals surface area contributed by atoms with Crippen LogP contribution in [0.4, 0.5) is 8.78 Å². The Labute approximate surface area is 176 Å². The summed E-state index contributed by atoms with van der Waals surface area (Å²) in [5.41, 5.74) is -1.03. The average Bonchev–Trinajstić information content (AvgIpc) is 2.68. The van der Waals surface area contributed by atoms with Gasteiger partial charge in [0.25, 0.3) is 11.5 Å². The van der Waals surface area contributed by atoms with E-state index in [0.29, 0.717) is 12.7 Å². The minimum atomic E-state index is -1.35. The van der Waals surface area contributed by atoms with Crippen LogP contribution in [0.3, 0.4) is 0 Å². The zero-order chi connectivity index (χ0) is 21.7. The fourth-order valence-electron chi connectivity index (χ4n) is 2.50. The van der Waals surface area contributed by atoms with Gasteiger partial charge in [-0.05, 0) is 40.3 Å². The first-order valence-corrected chi connectivity index (χ1v) is 9.32. The summed E-state index contributed by atoms with van der Waals surface area (Å²) >= 11 is 1.90. The van der Waals surface area contributed by atoms with Gasteiger partial charge in [-0.2, -0.15) is 0 Å². The first kappa shape index (κ1) is 23.1. The van der Waals surface area contributed by atoms with Gasteiger partial charge in [0.15, 0.2) is 6.80 Å². The Morgan fingerprint density at radius 3 is 2.66 bits per heavy atom. The monoisotopic (exact) mass is 525 g/mol. The molecule has 1 amide bonds. The van der Waals surface area contributed by atoms with E-state index in [1.54, 1.807) is 6.07 Å². The predicted molar refractivity (Wildman–Crippen MR) is 105 cm³/mol. The van der Waals surface area contributed by atoms with Crippen molar-refractivity contribution >= 4 is 28.5 Å². The fourth-order valence-corrected chi connectivity index (χ4v) is 2.95. The van der Waals surface area contributed by atoms with Crippen LogP contribution in [0, 0.1) is 9.39 Å². The molecule has 0 bridgehead atoms. The number of nitrogens with zero attached hydrogens (tertiary/aromatic N) is 2. The lowest BCUT2D eigenvalue weighted by molar-refractivity contribution is -0.0296. The molecule has 158 valence electrons. The van der Waals surface area contributed by atoms with Gasteiger partial charge in [-0.3, -0.25) is 23.6 Å². The van der Waals surface area contributed by atoms with E-state index < -0.39 is 61.1 Å². The standard InChI is InChI=1S/C17H18F2IN3O6/c1-22-16(27)14(15(26)21-29-7-11(25)6-24)13(23(8-18)17(22)28)4-9-2-3-10(20)5-12(9)19/h2-3,5,11,24-25H,4,6-8H2,1H3,(H,21,26)/t11-/m1/s1. The molecule has 0 spiro atoms. The Morgan fingerprint density at radius 2 is 2.07 bits per heavy atom. The molecule has 29 heavy (non-hydrogen) atoms. The highest BCUT2D eigenvalue weighted by atomic mass is 127. The molecule has 1 heterocycles. The molecule has 1 atom stereocenters. The summed E-state index contributed by atoms with van der Waals surface area (Å²) in [6.07, 6.45) is -1.68. The van der Waals surface area contributed by atoms with Gasteiger partial charge in [0.05, 0.1) is 6.61 Å². The van der Waals surface area contributed by atoms with Crippen LogP contribution in [0.2, 0.25) is 0 Å². The maximum absolute atomic E-state index is 14.3. The van der Waals surface area contributed by atoms with E-state index in [4.69, 9.17) is 9.94 Å². The molecule has 2 rings (SSSR count). The number of nitrogens with one attached hydrogen (secondary N) is 1. The molecule has 0 aliphatic heterocycles. The number of carbonyl (C=O) groups excluding carboxylic acids is 1. The van der Waals surface area contributed by atoms with Crippen molar-refractivity contribution in [3.05, 3.63) is 65.2 Å². The lowest BCUT2D eigenvalue weighted by Gasteiger charge is -2.16. The van der Waals surface area contributed by atoms with E-state index in [1.165, 1.54) is 12.1 Å². The van der Waals surface area contributed by atoms with Crippen LogP contribution in [0.25, 0.3) is 0 Å².